The normalized spacial score (nSPS) is 14.1. The van der Waals surface area contributed by atoms with Gasteiger partial charge in [-0.3, -0.25) is 0 Å². The van der Waals surface area contributed by atoms with Crippen LogP contribution in [-0.4, -0.2) is 32.2 Å². The van der Waals surface area contributed by atoms with Crippen LogP contribution >= 0.6 is 15.9 Å². The van der Waals surface area contributed by atoms with Crippen molar-refractivity contribution in [2.75, 3.05) is 20.3 Å². The van der Waals surface area contributed by atoms with E-state index in [4.69, 9.17) is 18.9 Å². The molecule has 0 radical (unpaired) electrons. The van der Waals surface area contributed by atoms with E-state index in [1.54, 1.807) is 31.4 Å². The van der Waals surface area contributed by atoms with Gasteiger partial charge in [0, 0.05) is 15.6 Å². The number of esters is 1. The molecular formula is C25H20BrNO5. The maximum atomic E-state index is 12.4. The third-order valence-electron chi connectivity index (χ3n) is 4.57. The Kier molecular flexibility index (Phi) is 6.87. The Bertz CT molecular complexity index is 1160. The van der Waals surface area contributed by atoms with E-state index in [0.29, 0.717) is 30.3 Å². The summed E-state index contributed by atoms with van der Waals surface area (Å²) >= 11 is 3.40. The van der Waals surface area contributed by atoms with E-state index in [1.807, 2.05) is 54.6 Å². The second-order valence-electron chi connectivity index (χ2n) is 6.76. The molecule has 162 valence electrons. The number of methoxy groups -OCH3 is 1. The number of halogens is 1. The minimum Gasteiger partial charge on any atom is -0.497 e. The van der Waals surface area contributed by atoms with Crippen molar-refractivity contribution in [3.63, 3.8) is 0 Å². The lowest BCUT2D eigenvalue weighted by Gasteiger charge is -2.12. The number of hydrogen-bond donors (Lipinski definition) is 0. The van der Waals surface area contributed by atoms with Gasteiger partial charge in [0.15, 0.2) is 5.70 Å². The Morgan fingerprint density at radius 2 is 1.66 bits per heavy atom. The Balaban J connectivity index is 1.49. The molecule has 32 heavy (non-hydrogen) atoms. The van der Waals surface area contributed by atoms with Crippen LogP contribution in [0.4, 0.5) is 0 Å². The quantitative estimate of drug-likeness (QED) is 0.243. The van der Waals surface area contributed by atoms with Crippen LogP contribution in [0.5, 0.6) is 17.2 Å². The van der Waals surface area contributed by atoms with Gasteiger partial charge in [0.25, 0.3) is 0 Å². The van der Waals surface area contributed by atoms with Crippen LogP contribution in [0, 0.1) is 0 Å². The number of nitrogens with zero attached hydrogens (tertiary/aromatic N) is 1. The van der Waals surface area contributed by atoms with Crippen molar-refractivity contribution in [1.29, 1.82) is 0 Å². The third kappa shape index (κ3) is 5.36. The van der Waals surface area contributed by atoms with E-state index >= 15 is 0 Å². The molecule has 0 unspecified atom stereocenters. The molecule has 3 aromatic carbocycles. The zero-order chi connectivity index (χ0) is 22.3. The molecule has 0 N–H and O–H groups in total. The summed E-state index contributed by atoms with van der Waals surface area (Å²) in [6, 6.07) is 22.2. The highest BCUT2D eigenvalue weighted by Crippen LogP contribution is 2.28. The summed E-state index contributed by atoms with van der Waals surface area (Å²) in [4.78, 5) is 16.7. The Morgan fingerprint density at radius 3 is 2.41 bits per heavy atom. The van der Waals surface area contributed by atoms with Crippen molar-refractivity contribution in [2.24, 2.45) is 4.99 Å². The first-order valence-electron chi connectivity index (χ1n) is 9.89. The fourth-order valence-corrected chi connectivity index (χ4v) is 3.26. The second kappa shape index (κ2) is 10.2. The summed E-state index contributed by atoms with van der Waals surface area (Å²) < 4.78 is 23.2. The average molecular weight is 494 g/mol. The fourth-order valence-electron chi connectivity index (χ4n) is 3.00. The van der Waals surface area contributed by atoms with Crippen LogP contribution in [0.3, 0.4) is 0 Å². The van der Waals surface area contributed by atoms with Gasteiger partial charge >= 0.3 is 5.97 Å². The predicted molar refractivity (Wildman–Crippen MR) is 125 cm³/mol. The van der Waals surface area contributed by atoms with Gasteiger partial charge in [0.1, 0.15) is 30.5 Å². The van der Waals surface area contributed by atoms with E-state index in [9.17, 15) is 4.79 Å². The number of carbonyl (C=O) groups excluding carboxylic acids is 1. The fraction of sp³-hybridized carbons (Fsp3) is 0.120. The van der Waals surface area contributed by atoms with Gasteiger partial charge in [-0.25, -0.2) is 9.79 Å². The van der Waals surface area contributed by atoms with Crippen molar-refractivity contribution < 1.29 is 23.7 Å². The molecule has 0 saturated carbocycles. The number of ether oxygens (including phenoxy) is 4. The maximum absolute atomic E-state index is 12.4. The van der Waals surface area contributed by atoms with E-state index in [1.165, 1.54) is 0 Å². The predicted octanol–water partition coefficient (Wildman–Crippen LogP) is 5.26. The van der Waals surface area contributed by atoms with Gasteiger partial charge in [-0.05, 0) is 60.7 Å². The van der Waals surface area contributed by atoms with E-state index in [0.717, 1.165) is 15.8 Å². The summed E-state index contributed by atoms with van der Waals surface area (Å²) in [5.41, 5.74) is 1.57. The lowest BCUT2D eigenvalue weighted by molar-refractivity contribution is -0.129. The first-order valence-corrected chi connectivity index (χ1v) is 10.7. The monoisotopic (exact) mass is 493 g/mol. The third-order valence-corrected chi connectivity index (χ3v) is 5.10. The summed E-state index contributed by atoms with van der Waals surface area (Å²) in [7, 11) is 1.58. The molecule has 4 rings (SSSR count). The number of aliphatic imine (C=N–C) groups is 1. The van der Waals surface area contributed by atoms with Crippen LogP contribution in [-0.2, 0) is 9.53 Å². The van der Waals surface area contributed by atoms with Crippen molar-refractivity contribution in [3.8, 4) is 17.2 Å². The van der Waals surface area contributed by atoms with Gasteiger partial charge < -0.3 is 18.9 Å². The molecule has 1 aliphatic heterocycles. The molecule has 0 atom stereocenters. The first-order chi connectivity index (χ1) is 15.6. The molecule has 1 heterocycles. The average Bonchev–Trinajstić information content (AvgIpc) is 3.19. The first kappa shape index (κ1) is 21.6. The van der Waals surface area contributed by atoms with E-state index in [-0.39, 0.29) is 11.6 Å². The lowest BCUT2D eigenvalue weighted by Crippen LogP contribution is -2.09. The molecule has 7 heteroatoms. The molecular weight excluding hydrogens is 474 g/mol. The van der Waals surface area contributed by atoms with Crippen molar-refractivity contribution >= 4 is 33.9 Å². The molecule has 0 saturated heterocycles. The van der Waals surface area contributed by atoms with Crippen LogP contribution in [0.15, 0.2) is 88.0 Å². The topological polar surface area (TPSA) is 66.3 Å². The molecule has 3 aromatic rings. The highest BCUT2D eigenvalue weighted by atomic mass is 79.9. The molecule has 1 aliphatic rings. The summed E-state index contributed by atoms with van der Waals surface area (Å²) in [6.45, 7) is 0.684. The van der Waals surface area contributed by atoms with Gasteiger partial charge in [0.2, 0.25) is 5.90 Å². The second-order valence-corrected chi connectivity index (χ2v) is 7.67. The van der Waals surface area contributed by atoms with Crippen molar-refractivity contribution in [3.05, 3.63) is 94.1 Å². The molecule has 0 amide bonds. The highest BCUT2D eigenvalue weighted by Gasteiger charge is 2.24. The number of rotatable bonds is 8. The molecule has 6 nitrogen and oxygen atoms in total. The van der Waals surface area contributed by atoms with Crippen LogP contribution in [0.1, 0.15) is 11.1 Å². The van der Waals surface area contributed by atoms with Crippen molar-refractivity contribution in [2.45, 2.75) is 0 Å². The summed E-state index contributed by atoms with van der Waals surface area (Å²) in [5, 5.41) is 0. The molecule has 0 fully saturated rings. The van der Waals surface area contributed by atoms with Crippen LogP contribution < -0.4 is 14.2 Å². The van der Waals surface area contributed by atoms with Gasteiger partial charge in [0.05, 0.1) is 7.11 Å². The van der Waals surface area contributed by atoms with E-state index in [2.05, 4.69) is 20.9 Å². The highest BCUT2D eigenvalue weighted by molar-refractivity contribution is 9.10. The van der Waals surface area contributed by atoms with Crippen LogP contribution in [0.25, 0.3) is 6.08 Å². The minimum atomic E-state index is -0.517. The van der Waals surface area contributed by atoms with Gasteiger partial charge in [-0.2, -0.15) is 0 Å². The van der Waals surface area contributed by atoms with Crippen LogP contribution in [0.2, 0.25) is 0 Å². The Hall–Kier alpha value is -3.58. The Morgan fingerprint density at radius 1 is 0.938 bits per heavy atom. The van der Waals surface area contributed by atoms with Crippen molar-refractivity contribution in [1.82, 2.24) is 0 Å². The maximum Gasteiger partial charge on any atom is 0.363 e. The van der Waals surface area contributed by atoms with Gasteiger partial charge in [-0.1, -0.05) is 34.1 Å². The zero-order valence-corrected chi connectivity index (χ0v) is 18.9. The lowest BCUT2D eigenvalue weighted by atomic mass is 10.1. The van der Waals surface area contributed by atoms with Gasteiger partial charge in [-0.15, -0.1) is 0 Å². The van der Waals surface area contributed by atoms with E-state index < -0.39 is 5.97 Å². The zero-order valence-electron chi connectivity index (χ0n) is 17.3. The summed E-state index contributed by atoms with van der Waals surface area (Å²) in [6.07, 6.45) is 1.63. The molecule has 0 aromatic heterocycles. The molecule has 0 spiro atoms. The number of benzene rings is 3. The number of carbonyl (C=O) groups is 1. The molecule has 0 bridgehead atoms. The number of cyclic esters (lactones) is 1. The minimum absolute atomic E-state index is 0.188. The molecule has 0 aliphatic carbocycles. The SMILES string of the molecule is COc1ccc(OCCOc2ccc(Br)cc2)c(/C=C2/N=C(c3ccccc3)OC2=O)c1. The smallest absolute Gasteiger partial charge is 0.363 e. The number of hydrogen-bond acceptors (Lipinski definition) is 6. The standard InChI is InChI=1S/C25H20BrNO5/c1-29-21-11-12-23(31-14-13-30-20-9-7-19(26)8-10-20)18(15-21)16-22-25(28)32-24(27-22)17-5-3-2-4-6-17/h2-12,15-16H,13-14H2,1H3/b22-16+. The summed E-state index contributed by atoms with van der Waals surface area (Å²) in [5.74, 6) is 1.72. The largest absolute Gasteiger partial charge is 0.497 e. The Labute approximate surface area is 194 Å².